The third-order valence-corrected chi connectivity index (χ3v) is 4.92. The second-order valence-electron chi connectivity index (χ2n) is 4.86. The molecule has 2 saturated heterocycles. The van der Waals surface area contributed by atoms with Gasteiger partial charge in [0.25, 0.3) is 0 Å². The van der Waals surface area contributed by atoms with Gasteiger partial charge in [-0.05, 0) is 20.3 Å². The van der Waals surface area contributed by atoms with Crippen LogP contribution in [0.3, 0.4) is 0 Å². The smallest absolute Gasteiger partial charge is 0.244 e. The Bertz CT molecular complexity index is 350. The van der Waals surface area contributed by atoms with Gasteiger partial charge in [-0.2, -0.15) is 0 Å². The highest BCUT2D eigenvalue weighted by atomic mass is 32.2. The minimum absolute atomic E-state index is 0.0642. The highest BCUT2D eigenvalue weighted by Gasteiger charge is 2.52. The van der Waals surface area contributed by atoms with E-state index in [4.69, 9.17) is 5.11 Å². The molecule has 2 aliphatic rings. The van der Waals surface area contributed by atoms with Crippen molar-refractivity contribution in [3.05, 3.63) is 0 Å². The van der Waals surface area contributed by atoms with Gasteiger partial charge in [0.1, 0.15) is 6.04 Å². The maximum atomic E-state index is 12.0. The van der Waals surface area contributed by atoms with Crippen LogP contribution in [0, 0.1) is 0 Å². The summed E-state index contributed by atoms with van der Waals surface area (Å²) in [6.07, 6.45) is 1.35. The van der Waals surface area contributed by atoms with Crippen LogP contribution >= 0.6 is 11.8 Å². The molecular formula is C11H18N2O3S. The second kappa shape index (κ2) is 4.49. The Balaban J connectivity index is 2.07. The lowest BCUT2D eigenvalue weighted by molar-refractivity contribution is -0.138. The van der Waals surface area contributed by atoms with Gasteiger partial charge in [0.2, 0.25) is 11.8 Å². The van der Waals surface area contributed by atoms with Crippen LogP contribution in [-0.4, -0.2) is 51.1 Å². The third kappa shape index (κ3) is 2.15. The van der Waals surface area contributed by atoms with Gasteiger partial charge in [0.15, 0.2) is 0 Å². The number of hydrogen-bond donors (Lipinski definition) is 2. The van der Waals surface area contributed by atoms with Crippen LogP contribution in [0.5, 0.6) is 0 Å². The summed E-state index contributed by atoms with van der Waals surface area (Å²) in [5.74, 6) is 0.555. The molecule has 2 N–H and O–H groups in total. The summed E-state index contributed by atoms with van der Waals surface area (Å²) in [5, 5.41) is 11.6. The number of carbonyl (C=O) groups excluding carboxylic acids is 2. The molecule has 2 fully saturated rings. The van der Waals surface area contributed by atoms with Crippen molar-refractivity contribution in [2.75, 3.05) is 12.4 Å². The number of fused-ring (bicyclic) bond motifs is 1. The minimum Gasteiger partial charge on any atom is -0.394 e. The van der Waals surface area contributed by atoms with Crippen LogP contribution in [-0.2, 0) is 9.59 Å². The Labute approximate surface area is 105 Å². The summed E-state index contributed by atoms with van der Waals surface area (Å²) in [7, 11) is 0. The van der Waals surface area contributed by atoms with E-state index < -0.39 is 0 Å². The fraction of sp³-hybridized carbons (Fsp3) is 0.818. The van der Waals surface area contributed by atoms with Crippen molar-refractivity contribution in [3.63, 3.8) is 0 Å². The number of carbonyl (C=O) groups is 2. The van der Waals surface area contributed by atoms with Crippen molar-refractivity contribution in [2.45, 2.75) is 43.6 Å². The normalized spacial score (nSPS) is 33.7. The van der Waals surface area contributed by atoms with Gasteiger partial charge in [-0.15, -0.1) is 11.8 Å². The first-order valence-electron chi connectivity index (χ1n) is 5.85. The van der Waals surface area contributed by atoms with Crippen LogP contribution in [0.1, 0.15) is 26.7 Å². The minimum atomic E-state index is -0.381. The van der Waals surface area contributed by atoms with Gasteiger partial charge < -0.3 is 15.3 Å². The molecule has 0 aliphatic carbocycles. The first-order valence-corrected chi connectivity index (χ1v) is 6.84. The molecule has 6 heteroatoms. The zero-order chi connectivity index (χ0) is 12.6. The molecule has 5 nitrogen and oxygen atoms in total. The topological polar surface area (TPSA) is 69.6 Å². The number of amides is 2. The zero-order valence-electron chi connectivity index (χ0n) is 10.1. The summed E-state index contributed by atoms with van der Waals surface area (Å²) >= 11 is 1.67. The highest BCUT2D eigenvalue weighted by Crippen LogP contribution is 2.47. The Kier molecular flexibility index (Phi) is 3.36. The van der Waals surface area contributed by atoms with E-state index in [1.807, 2.05) is 6.92 Å². The number of aliphatic hydroxyl groups excluding tert-OH is 1. The van der Waals surface area contributed by atoms with Crippen molar-refractivity contribution in [3.8, 4) is 0 Å². The van der Waals surface area contributed by atoms with E-state index in [1.165, 1.54) is 0 Å². The number of nitrogens with one attached hydrogen (secondary N) is 1. The van der Waals surface area contributed by atoms with Gasteiger partial charge >= 0.3 is 0 Å². The highest BCUT2D eigenvalue weighted by molar-refractivity contribution is 8.01. The van der Waals surface area contributed by atoms with Crippen molar-refractivity contribution >= 4 is 23.6 Å². The quantitative estimate of drug-likeness (QED) is 0.744. The first-order chi connectivity index (χ1) is 7.98. The first kappa shape index (κ1) is 12.7. The monoisotopic (exact) mass is 258 g/mol. The van der Waals surface area contributed by atoms with Crippen LogP contribution in [0.4, 0.5) is 0 Å². The third-order valence-electron chi connectivity index (χ3n) is 3.41. The van der Waals surface area contributed by atoms with Crippen LogP contribution in [0.25, 0.3) is 0 Å². The fourth-order valence-corrected chi connectivity index (χ4v) is 3.83. The Morgan fingerprint density at radius 3 is 3.12 bits per heavy atom. The fourth-order valence-electron chi connectivity index (χ4n) is 2.40. The molecule has 2 rings (SSSR count). The van der Waals surface area contributed by atoms with E-state index in [2.05, 4.69) is 5.32 Å². The number of rotatable bonds is 3. The number of thioether (sulfide) groups is 1. The molecule has 0 bridgehead atoms. The van der Waals surface area contributed by atoms with Crippen molar-refractivity contribution in [2.24, 2.45) is 0 Å². The summed E-state index contributed by atoms with van der Waals surface area (Å²) in [5.41, 5.74) is 0. The Hall–Kier alpha value is -0.750. The summed E-state index contributed by atoms with van der Waals surface area (Å²) in [6.45, 7) is 3.67. The molecular weight excluding hydrogens is 240 g/mol. The predicted molar refractivity (Wildman–Crippen MR) is 65.4 cm³/mol. The van der Waals surface area contributed by atoms with Gasteiger partial charge in [-0.3, -0.25) is 9.59 Å². The second-order valence-corrected chi connectivity index (χ2v) is 6.36. The molecule has 2 unspecified atom stereocenters. The van der Waals surface area contributed by atoms with Crippen LogP contribution in [0.15, 0.2) is 0 Å². The van der Waals surface area contributed by atoms with E-state index in [-0.39, 0.29) is 35.4 Å². The molecule has 3 atom stereocenters. The molecule has 17 heavy (non-hydrogen) atoms. The number of nitrogens with zero attached hydrogens (tertiary/aromatic N) is 1. The van der Waals surface area contributed by atoms with E-state index in [0.29, 0.717) is 12.2 Å². The standard InChI is InChI=1S/C11H18N2O3S/c1-7(5-14)12-10(16)8-6-17-11(2)4-3-9(15)13(8)11/h7-8,14H,3-6H2,1-2H3,(H,12,16)/t7-,8?,11?/m1/s1. The van der Waals surface area contributed by atoms with E-state index in [0.717, 1.165) is 6.42 Å². The van der Waals surface area contributed by atoms with E-state index in [9.17, 15) is 9.59 Å². The molecule has 2 aliphatic heterocycles. The number of hydrogen-bond acceptors (Lipinski definition) is 4. The molecule has 2 amide bonds. The Morgan fingerprint density at radius 2 is 2.47 bits per heavy atom. The molecule has 0 aromatic carbocycles. The van der Waals surface area contributed by atoms with Crippen molar-refractivity contribution < 1.29 is 14.7 Å². The van der Waals surface area contributed by atoms with E-state index >= 15 is 0 Å². The largest absolute Gasteiger partial charge is 0.394 e. The van der Waals surface area contributed by atoms with Gasteiger partial charge in [-0.25, -0.2) is 0 Å². The van der Waals surface area contributed by atoms with E-state index in [1.54, 1.807) is 23.6 Å². The summed E-state index contributed by atoms with van der Waals surface area (Å²) in [4.78, 5) is 25.3. The lowest BCUT2D eigenvalue weighted by Gasteiger charge is -2.30. The van der Waals surface area contributed by atoms with Crippen LogP contribution in [0.2, 0.25) is 0 Å². The summed E-state index contributed by atoms with van der Waals surface area (Å²) < 4.78 is 0. The molecule has 0 spiro atoms. The summed E-state index contributed by atoms with van der Waals surface area (Å²) in [6, 6.07) is -0.647. The van der Waals surface area contributed by atoms with Gasteiger partial charge in [-0.1, -0.05) is 0 Å². The zero-order valence-corrected chi connectivity index (χ0v) is 10.9. The molecule has 0 aromatic heterocycles. The lowest BCUT2D eigenvalue weighted by Crippen LogP contribution is -2.52. The van der Waals surface area contributed by atoms with Crippen LogP contribution < -0.4 is 5.32 Å². The lowest BCUT2D eigenvalue weighted by atomic mass is 10.2. The average Bonchev–Trinajstić information content (AvgIpc) is 2.76. The van der Waals surface area contributed by atoms with Crippen molar-refractivity contribution in [1.82, 2.24) is 10.2 Å². The maximum Gasteiger partial charge on any atom is 0.244 e. The molecule has 0 saturated carbocycles. The van der Waals surface area contributed by atoms with Crippen molar-refractivity contribution in [1.29, 1.82) is 0 Å². The van der Waals surface area contributed by atoms with Gasteiger partial charge in [0.05, 0.1) is 11.5 Å². The predicted octanol–water partition coefficient (Wildman–Crippen LogP) is -0.0626. The SMILES string of the molecule is C[C@H](CO)NC(=O)C1CSC2(C)CCC(=O)N12. The number of aliphatic hydroxyl groups is 1. The molecule has 2 heterocycles. The molecule has 0 radical (unpaired) electrons. The Morgan fingerprint density at radius 1 is 1.76 bits per heavy atom. The maximum absolute atomic E-state index is 12.0. The molecule has 96 valence electrons. The van der Waals surface area contributed by atoms with Gasteiger partial charge in [0, 0.05) is 18.2 Å². The average molecular weight is 258 g/mol. The molecule has 0 aromatic rings.